The molecule has 4 rings (SSSR count). The van der Waals surface area contributed by atoms with Gasteiger partial charge in [-0.3, -0.25) is 14.3 Å². The van der Waals surface area contributed by atoms with Crippen LogP contribution in [0.1, 0.15) is 42.6 Å². The lowest BCUT2D eigenvalue weighted by atomic mass is 9.95. The summed E-state index contributed by atoms with van der Waals surface area (Å²) < 4.78 is 7.22. The number of hydrogen-bond acceptors (Lipinski definition) is 5. The smallest absolute Gasteiger partial charge is 0.260 e. The Balaban J connectivity index is 1.89. The number of fused-ring (bicyclic) bond motifs is 3. The Labute approximate surface area is 167 Å². The molecule has 0 radical (unpaired) electrons. The van der Waals surface area contributed by atoms with Crippen molar-refractivity contribution in [3.8, 4) is 11.6 Å². The van der Waals surface area contributed by atoms with Gasteiger partial charge in [0.2, 0.25) is 5.88 Å². The van der Waals surface area contributed by atoms with E-state index in [-0.39, 0.29) is 16.2 Å². The van der Waals surface area contributed by atoms with E-state index in [2.05, 4.69) is 22.2 Å². The van der Waals surface area contributed by atoms with Gasteiger partial charge >= 0.3 is 0 Å². The summed E-state index contributed by atoms with van der Waals surface area (Å²) in [7, 11) is 1.65. The summed E-state index contributed by atoms with van der Waals surface area (Å²) in [6, 6.07) is 5.45. The minimum Gasteiger partial charge on any atom is -0.497 e. The number of methoxy groups -OCH3 is 1. The van der Waals surface area contributed by atoms with Gasteiger partial charge in [-0.15, -0.1) is 0 Å². The van der Waals surface area contributed by atoms with E-state index in [9.17, 15) is 9.90 Å². The van der Waals surface area contributed by atoms with E-state index in [1.54, 1.807) is 11.7 Å². The number of unbranched alkanes of at least 4 members (excludes halogenated alkanes) is 1. The highest BCUT2D eigenvalue weighted by atomic mass is 32.1. The largest absolute Gasteiger partial charge is 0.497 e. The maximum atomic E-state index is 12.7. The normalized spacial score (nSPS) is 16.3. The third-order valence-electron chi connectivity index (χ3n) is 5.39. The van der Waals surface area contributed by atoms with Gasteiger partial charge in [0.05, 0.1) is 13.2 Å². The molecule has 0 unspecified atom stereocenters. The van der Waals surface area contributed by atoms with Crippen molar-refractivity contribution in [3.63, 3.8) is 0 Å². The lowest BCUT2D eigenvalue weighted by molar-refractivity contribution is 0.382. The zero-order chi connectivity index (χ0) is 19.8. The molecule has 0 aliphatic carbocycles. The molecule has 1 aromatic carbocycles. The fraction of sp³-hybridized carbons (Fsp3) is 0.400. The van der Waals surface area contributed by atoms with Gasteiger partial charge in [0.15, 0.2) is 4.77 Å². The summed E-state index contributed by atoms with van der Waals surface area (Å²) in [6.07, 6.45) is 2.65. The van der Waals surface area contributed by atoms with E-state index in [0.29, 0.717) is 18.7 Å². The van der Waals surface area contributed by atoms with Crippen LogP contribution in [0.4, 0.5) is 0 Å². The van der Waals surface area contributed by atoms with Crippen LogP contribution in [0, 0.1) is 4.77 Å². The van der Waals surface area contributed by atoms with Crippen LogP contribution in [-0.4, -0.2) is 33.3 Å². The van der Waals surface area contributed by atoms with Gasteiger partial charge in [-0.2, -0.15) is 0 Å². The number of H-pyrrole nitrogens is 2. The fourth-order valence-corrected chi connectivity index (χ4v) is 4.21. The molecule has 148 valence electrons. The minimum atomic E-state index is -0.436. The zero-order valence-electron chi connectivity index (χ0n) is 16.0. The van der Waals surface area contributed by atoms with E-state index in [0.717, 1.165) is 47.2 Å². The van der Waals surface area contributed by atoms with Crippen LogP contribution >= 0.6 is 12.2 Å². The number of ether oxygens (including phenoxy) is 1. The Bertz CT molecular complexity index is 1140. The number of rotatable bonds is 5. The first-order valence-corrected chi connectivity index (χ1v) is 9.93. The molecule has 3 aromatic rings. The number of hydrogen-bond donors (Lipinski definition) is 4. The van der Waals surface area contributed by atoms with E-state index in [1.165, 1.54) is 0 Å². The molecule has 8 heteroatoms. The van der Waals surface area contributed by atoms with Crippen molar-refractivity contribution in [2.45, 2.75) is 38.8 Å². The van der Waals surface area contributed by atoms with Crippen molar-refractivity contribution in [2.75, 3.05) is 13.7 Å². The molecule has 4 N–H and O–H groups in total. The lowest BCUT2D eigenvalue weighted by Crippen LogP contribution is -2.35. The molecule has 0 amide bonds. The number of nitrogens with zero attached hydrogens (tertiary/aromatic N) is 1. The van der Waals surface area contributed by atoms with Crippen LogP contribution in [-0.2, 0) is 13.0 Å². The van der Waals surface area contributed by atoms with Crippen LogP contribution in [0.15, 0.2) is 23.0 Å². The summed E-state index contributed by atoms with van der Waals surface area (Å²) in [5.41, 5.74) is 2.95. The molecule has 1 atom stereocenters. The first kappa shape index (κ1) is 18.8. The van der Waals surface area contributed by atoms with Crippen molar-refractivity contribution < 1.29 is 9.84 Å². The van der Waals surface area contributed by atoms with E-state index in [1.807, 2.05) is 18.2 Å². The van der Waals surface area contributed by atoms with Crippen molar-refractivity contribution in [3.05, 3.63) is 50.1 Å². The Hall–Kier alpha value is -2.58. The third-order valence-corrected chi connectivity index (χ3v) is 5.71. The van der Waals surface area contributed by atoms with Crippen molar-refractivity contribution in [1.82, 2.24) is 19.9 Å². The predicted octanol–water partition coefficient (Wildman–Crippen LogP) is 3.14. The topological polar surface area (TPSA) is 95.1 Å². The summed E-state index contributed by atoms with van der Waals surface area (Å²) >= 11 is 5.26. The number of nitrogens with one attached hydrogen (secondary N) is 3. The van der Waals surface area contributed by atoms with Crippen molar-refractivity contribution >= 4 is 23.1 Å². The molecule has 0 spiro atoms. The number of aromatic amines is 2. The summed E-state index contributed by atoms with van der Waals surface area (Å²) in [6.45, 7) is 3.33. The van der Waals surface area contributed by atoms with E-state index in [4.69, 9.17) is 17.0 Å². The number of aromatic nitrogens is 3. The van der Waals surface area contributed by atoms with E-state index < -0.39 is 6.04 Å². The van der Waals surface area contributed by atoms with Gasteiger partial charge in [0.1, 0.15) is 11.3 Å². The Morgan fingerprint density at radius 3 is 2.93 bits per heavy atom. The average molecular weight is 401 g/mol. The molecule has 0 saturated carbocycles. The average Bonchev–Trinajstić information content (AvgIpc) is 3.06. The lowest BCUT2D eigenvalue weighted by Gasteiger charge is -2.25. The van der Waals surface area contributed by atoms with E-state index >= 15 is 0 Å². The highest BCUT2D eigenvalue weighted by Gasteiger charge is 2.30. The molecule has 7 nitrogen and oxygen atoms in total. The monoisotopic (exact) mass is 400 g/mol. The molecule has 0 fully saturated rings. The van der Waals surface area contributed by atoms with Crippen LogP contribution in [0.3, 0.4) is 0 Å². The second kappa shape index (κ2) is 7.44. The van der Waals surface area contributed by atoms with Crippen molar-refractivity contribution in [1.29, 1.82) is 0 Å². The van der Waals surface area contributed by atoms with Gasteiger partial charge in [-0.25, -0.2) is 0 Å². The fourth-order valence-electron chi connectivity index (χ4n) is 3.94. The molecule has 1 aliphatic heterocycles. The van der Waals surface area contributed by atoms with Gasteiger partial charge in [0.25, 0.3) is 5.56 Å². The van der Waals surface area contributed by atoms with Gasteiger partial charge < -0.3 is 20.1 Å². The molecule has 1 aliphatic rings. The van der Waals surface area contributed by atoms with Gasteiger partial charge in [0, 0.05) is 29.7 Å². The van der Waals surface area contributed by atoms with Crippen molar-refractivity contribution in [2.24, 2.45) is 0 Å². The Morgan fingerprint density at radius 2 is 2.18 bits per heavy atom. The number of aromatic hydroxyl groups is 1. The highest BCUT2D eigenvalue weighted by Crippen LogP contribution is 2.36. The van der Waals surface area contributed by atoms with Crippen LogP contribution in [0.5, 0.6) is 11.6 Å². The first-order valence-electron chi connectivity index (χ1n) is 9.53. The molecule has 2 aromatic heterocycles. The SMILES string of the molecule is CCCCn1c(O)c([C@@H]2NCCc3c2[nH]c2ccc(OC)cc32)c(=O)[nH]c1=S. The van der Waals surface area contributed by atoms with Gasteiger partial charge in [-0.05, 0) is 48.8 Å². The maximum absolute atomic E-state index is 12.7. The molecule has 0 bridgehead atoms. The predicted molar refractivity (Wildman–Crippen MR) is 111 cm³/mol. The third kappa shape index (κ3) is 3.02. The van der Waals surface area contributed by atoms with Crippen LogP contribution < -0.4 is 15.6 Å². The van der Waals surface area contributed by atoms with Crippen LogP contribution in [0.2, 0.25) is 0 Å². The standard InChI is InChI=1S/C20H24N4O3S/c1-3-4-9-24-19(26)15(18(25)23-20(24)28)17-16-12(7-8-21-17)13-10-11(27-2)5-6-14(13)22-16/h5-6,10,17,21-22,26H,3-4,7-9H2,1-2H3,(H,23,25,28)/t17-/m0/s1. The molecule has 3 heterocycles. The Kier molecular flexibility index (Phi) is 4.99. The number of benzene rings is 1. The summed E-state index contributed by atoms with van der Waals surface area (Å²) in [5.74, 6) is 0.724. The zero-order valence-corrected chi connectivity index (χ0v) is 16.8. The summed E-state index contributed by atoms with van der Waals surface area (Å²) in [4.78, 5) is 18.9. The minimum absolute atomic E-state index is 0.0659. The molecule has 0 saturated heterocycles. The van der Waals surface area contributed by atoms with Gasteiger partial charge in [-0.1, -0.05) is 13.3 Å². The molecular weight excluding hydrogens is 376 g/mol. The molecular formula is C20H24N4O3S. The second-order valence-electron chi connectivity index (χ2n) is 7.07. The maximum Gasteiger partial charge on any atom is 0.260 e. The quantitative estimate of drug-likeness (QED) is 0.494. The van der Waals surface area contributed by atoms with Crippen LogP contribution in [0.25, 0.3) is 10.9 Å². The highest BCUT2D eigenvalue weighted by molar-refractivity contribution is 7.71. The Morgan fingerprint density at radius 1 is 1.36 bits per heavy atom. The first-order chi connectivity index (χ1) is 13.5. The summed E-state index contributed by atoms with van der Waals surface area (Å²) in [5, 5.41) is 15.4. The second-order valence-corrected chi connectivity index (χ2v) is 7.45. The molecule has 28 heavy (non-hydrogen) atoms.